The molecule has 1 amide bonds. The van der Waals surface area contributed by atoms with E-state index in [0.717, 1.165) is 18.0 Å². The molecule has 0 aliphatic heterocycles. The van der Waals surface area contributed by atoms with Crippen molar-refractivity contribution in [3.05, 3.63) is 59.7 Å². The third-order valence-corrected chi connectivity index (χ3v) is 4.74. The summed E-state index contributed by atoms with van der Waals surface area (Å²) in [4.78, 5) is 14.6. The normalized spacial score (nSPS) is 13.4. The molecular formula is C23H30N2O3. The second-order valence-electron chi connectivity index (χ2n) is 7.22. The molecule has 1 saturated carbocycles. The van der Waals surface area contributed by atoms with Crippen molar-refractivity contribution in [2.24, 2.45) is 0 Å². The Balaban J connectivity index is 1.38. The summed E-state index contributed by atoms with van der Waals surface area (Å²) in [5.41, 5.74) is 2.51. The minimum absolute atomic E-state index is 0.0503. The van der Waals surface area contributed by atoms with Crippen molar-refractivity contribution >= 4 is 5.91 Å². The van der Waals surface area contributed by atoms with Gasteiger partial charge in [-0.25, -0.2) is 0 Å². The maximum absolute atomic E-state index is 12.3. The minimum Gasteiger partial charge on any atom is -0.494 e. The SMILES string of the molecule is CCOc1ccc(OCCNC(=O)CN(Cc2ccc(C)cc2)C2CC2)cc1. The Bertz CT molecular complexity index is 739. The third kappa shape index (κ3) is 6.57. The van der Waals surface area contributed by atoms with Gasteiger partial charge < -0.3 is 14.8 Å². The van der Waals surface area contributed by atoms with Gasteiger partial charge in [0.2, 0.25) is 5.91 Å². The van der Waals surface area contributed by atoms with Gasteiger partial charge in [-0.3, -0.25) is 9.69 Å². The van der Waals surface area contributed by atoms with E-state index in [2.05, 4.69) is 41.4 Å². The van der Waals surface area contributed by atoms with Gasteiger partial charge in [0.1, 0.15) is 18.1 Å². The van der Waals surface area contributed by atoms with Crippen LogP contribution in [0.1, 0.15) is 30.9 Å². The summed E-state index contributed by atoms with van der Waals surface area (Å²) in [5, 5.41) is 2.96. The van der Waals surface area contributed by atoms with Gasteiger partial charge >= 0.3 is 0 Å². The number of ether oxygens (including phenoxy) is 2. The van der Waals surface area contributed by atoms with E-state index in [4.69, 9.17) is 9.47 Å². The predicted molar refractivity (Wildman–Crippen MR) is 111 cm³/mol. The molecule has 0 heterocycles. The molecule has 2 aromatic carbocycles. The zero-order chi connectivity index (χ0) is 19.8. The molecule has 0 saturated heterocycles. The van der Waals surface area contributed by atoms with Crippen molar-refractivity contribution in [3.8, 4) is 11.5 Å². The van der Waals surface area contributed by atoms with Crippen LogP contribution in [0, 0.1) is 6.92 Å². The number of aryl methyl sites for hydroxylation is 1. The lowest BCUT2D eigenvalue weighted by Gasteiger charge is -2.21. The molecule has 1 aliphatic carbocycles. The van der Waals surface area contributed by atoms with Crippen LogP contribution in [0.4, 0.5) is 0 Å². The number of hydrogen-bond donors (Lipinski definition) is 1. The van der Waals surface area contributed by atoms with Crippen LogP contribution in [-0.4, -0.2) is 43.2 Å². The first-order valence-electron chi connectivity index (χ1n) is 10.1. The summed E-state index contributed by atoms with van der Waals surface area (Å²) in [6, 6.07) is 16.6. The number of hydrogen-bond acceptors (Lipinski definition) is 4. The molecule has 0 bridgehead atoms. The zero-order valence-electron chi connectivity index (χ0n) is 16.8. The van der Waals surface area contributed by atoms with Crippen molar-refractivity contribution in [3.63, 3.8) is 0 Å². The van der Waals surface area contributed by atoms with Gasteiger partial charge in [-0.05, 0) is 56.5 Å². The smallest absolute Gasteiger partial charge is 0.234 e. The number of nitrogens with zero attached hydrogens (tertiary/aromatic N) is 1. The quantitative estimate of drug-likeness (QED) is 0.604. The Morgan fingerprint density at radius 2 is 1.68 bits per heavy atom. The number of carbonyl (C=O) groups is 1. The van der Waals surface area contributed by atoms with Crippen LogP contribution in [0.25, 0.3) is 0 Å². The standard InChI is InChI=1S/C23H30N2O3/c1-3-27-21-10-12-22(13-11-21)28-15-14-24-23(26)17-25(20-8-9-20)16-19-6-4-18(2)5-7-19/h4-7,10-13,20H,3,8-9,14-17H2,1-2H3,(H,24,26). The molecule has 150 valence electrons. The fraction of sp³-hybridized carbons (Fsp3) is 0.435. The van der Waals surface area contributed by atoms with E-state index in [9.17, 15) is 4.79 Å². The van der Waals surface area contributed by atoms with Gasteiger partial charge in [-0.1, -0.05) is 29.8 Å². The number of amides is 1. The number of benzene rings is 2. The van der Waals surface area contributed by atoms with E-state index < -0.39 is 0 Å². The number of rotatable bonds is 11. The van der Waals surface area contributed by atoms with E-state index in [1.54, 1.807) is 0 Å². The van der Waals surface area contributed by atoms with Crippen molar-refractivity contribution in [1.82, 2.24) is 10.2 Å². The molecule has 0 aromatic heterocycles. The first kappa shape index (κ1) is 20.2. The third-order valence-electron chi connectivity index (χ3n) is 4.74. The van der Waals surface area contributed by atoms with Gasteiger partial charge in [-0.15, -0.1) is 0 Å². The molecule has 1 N–H and O–H groups in total. The average Bonchev–Trinajstić information content (AvgIpc) is 3.53. The van der Waals surface area contributed by atoms with E-state index in [1.165, 1.54) is 24.0 Å². The Morgan fingerprint density at radius 3 is 2.29 bits per heavy atom. The highest BCUT2D eigenvalue weighted by atomic mass is 16.5. The van der Waals surface area contributed by atoms with Gasteiger partial charge in [0.25, 0.3) is 0 Å². The summed E-state index contributed by atoms with van der Waals surface area (Å²) in [6.45, 7) is 6.89. The van der Waals surface area contributed by atoms with Crippen LogP contribution in [0.2, 0.25) is 0 Å². The second kappa shape index (κ2) is 10.1. The molecule has 0 radical (unpaired) electrons. The van der Waals surface area contributed by atoms with Crippen LogP contribution in [0.5, 0.6) is 11.5 Å². The molecule has 2 aromatic rings. The molecule has 1 fully saturated rings. The second-order valence-corrected chi connectivity index (χ2v) is 7.22. The summed E-state index contributed by atoms with van der Waals surface area (Å²) in [5.74, 6) is 1.66. The molecule has 5 heteroatoms. The predicted octanol–water partition coefficient (Wildman–Crippen LogP) is 3.55. The largest absolute Gasteiger partial charge is 0.494 e. The first-order valence-corrected chi connectivity index (χ1v) is 10.1. The fourth-order valence-electron chi connectivity index (χ4n) is 3.08. The van der Waals surface area contributed by atoms with Gasteiger partial charge in [0.05, 0.1) is 19.7 Å². The van der Waals surface area contributed by atoms with E-state index in [-0.39, 0.29) is 5.91 Å². The highest BCUT2D eigenvalue weighted by Gasteiger charge is 2.30. The minimum atomic E-state index is 0.0503. The summed E-state index contributed by atoms with van der Waals surface area (Å²) in [6.07, 6.45) is 2.36. The Morgan fingerprint density at radius 1 is 1.04 bits per heavy atom. The van der Waals surface area contributed by atoms with Crippen molar-refractivity contribution < 1.29 is 14.3 Å². The highest BCUT2D eigenvalue weighted by molar-refractivity contribution is 5.78. The van der Waals surface area contributed by atoms with Crippen LogP contribution < -0.4 is 14.8 Å². The van der Waals surface area contributed by atoms with Crippen LogP contribution in [0.3, 0.4) is 0 Å². The Hall–Kier alpha value is -2.53. The van der Waals surface area contributed by atoms with Crippen LogP contribution >= 0.6 is 0 Å². The lowest BCUT2D eigenvalue weighted by Crippen LogP contribution is -2.39. The van der Waals surface area contributed by atoms with Crippen LogP contribution in [0.15, 0.2) is 48.5 Å². The maximum Gasteiger partial charge on any atom is 0.234 e. The molecule has 1 aliphatic rings. The van der Waals surface area contributed by atoms with E-state index in [0.29, 0.717) is 32.3 Å². The van der Waals surface area contributed by atoms with E-state index >= 15 is 0 Å². The monoisotopic (exact) mass is 382 g/mol. The van der Waals surface area contributed by atoms with Crippen molar-refractivity contribution in [2.45, 2.75) is 39.3 Å². The first-order chi connectivity index (χ1) is 13.6. The Labute approximate surface area is 167 Å². The van der Waals surface area contributed by atoms with E-state index in [1.807, 2.05) is 31.2 Å². The lowest BCUT2D eigenvalue weighted by atomic mass is 10.1. The lowest BCUT2D eigenvalue weighted by molar-refractivity contribution is -0.122. The maximum atomic E-state index is 12.3. The van der Waals surface area contributed by atoms with Crippen molar-refractivity contribution in [1.29, 1.82) is 0 Å². The molecular weight excluding hydrogens is 352 g/mol. The molecule has 0 spiro atoms. The topological polar surface area (TPSA) is 50.8 Å². The fourth-order valence-corrected chi connectivity index (χ4v) is 3.08. The van der Waals surface area contributed by atoms with Gasteiger partial charge in [0.15, 0.2) is 0 Å². The average molecular weight is 383 g/mol. The molecule has 28 heavy (non-hydrogen) atoms. The molecule has 3 rings (SSSR count). The summed E-state index contributed by atoms with van der Waals surface area (Å²) in [7, 11) is 0. The number of nitrogens with one attached hydrogen (secondary N) is 1. The van der Waals surface area contributed by atoms with Crippen molar-refractivity contribution in [2.75, 3.05) is 26.3 Å². The zero-order valence-corrected chi connectivity index (χ0v) is 16.8. The summed E-state index contributed by atoms with van der Waals surface area (Å²) >= 11 is 0. The number of carbonyl (C=O) groups excluding carboxylic acids is 1. The molecule has 5 nitrogen and oxygen atoms in total. The molecule has 0 atom stereocenters. The van der Waals surface area contributed by atoms with Crippen LogP contribution in [-0.2, 0) is 11.3 Å². The summed E-state index contributed by atoms with van der Waals surface area (Å²) < 4.78 is 11.1. The van der Waals surface area contributed by atoms with Gasteiger partial charge in [-0.2, -0.15) is 0 Å². The molecule has 0 unspecified atom stereocenters. The highest BCUT2D eigenvalue weighted by Crippen LogP contribution is 2.28. The van der Waals surface area contributed by atoms with Gasteiger partial charge in [0, 0.05) is 12.6 Å². The Kier molecular flexibility index (Phi) is 7.31.